The smallest absolute Gasteiger partial charge is 0.271 e. The fraction of sp³-hybridized carbons (Fsp3) is 0.200. The Morgan fingerprint density at radius 2 is 0.980 bits per heavy atom. The summed E-state index contributed by atoms with van der Waals surface area (Å²) in [5.74, 6) is 1.44. The Morgan fingerprint density at radius 1 is 0.612 bits per heavy atom. The summed E-state index contributed by atoms with van der Waals surface area (Å²) in [5, 5.41) is 31.1. The molecule has 0 saturated heterocycles. The number of halogens is 1. The lowest BCUT2D eigenvalue weighted by molar-refractivity contribution is -0.385. The Balaban J connectivity index is 0.000000312. The molecule has 4 heterocycles. The van der Waals surface area contributed by atoms with Crippen LogP contribution in [0.4, 0.5) is 40.2 Å². The van der Waals surface area contributed by atoms with Gasteiger partial charge in [0.15, 0.2) is 22.6 Å². The van der Waals surface area contributed by atoms with Gasteiger partial charge in [0.25, 0.3) is 11.4 Å². The van der Waals surface area contributed by atoms with E-state index in [0.29, 0.717) is 50.9 Å². The molecule has 5 N–H and O–H groups in total. The van der Waals surface area contributed by atoms with Gasteiger partial charge in [-0.1, -0.05) is 38.6 Å². The zero-order chi connectivity index (χ0) is 34.1. The second-order valence-electron chi connectivity index (χ2n) is 9.24. The van der Waals surface area contributed by atoms with Crippen LogP contribution in [0.1, 0.15) is 26.0 Å². The van der Waals surface area contributed by atoms with Crippen LogP contribution in [0.3, 0.4) is 0 Å². The van der Waals surface area contributed by atoms with Crippen LogP contribution in [-0.2, 0) is 0 Å². The molecule has 6 aromatic rings. The van der Waals surface area contributed by atoms with Crippen LogP contribution in [0.15, 0.2) is 61.7 Å². The van der Waals surface area contributed by atoms with Crippen LogP contribution >= 0.6 is 11.6 Å². The van der Waals surface area contributed by atoms with E-state index in [0.717, 1.165) is 11.1 Å². The summed E-state index contributed by atoms with van der Waals surface area (Å²) in [6, 6.07) is 9.14. The lowest BCUT2D eigenvalue weighted by Crippen LogP contribution is -2.02. The van der Waals surface area contributed by atoms with Gasteiger partial charge in [-0.2, -0.15) is 0 Å². The summed E-state index contributed by atoms with van der Waals surface area (Å²) in [5.41, 5.74) is 9.25. The van der Waals surface area contributed by atoms with Gasteiger partial charge in [0.2, 0.25) is 0 Å². The van der Waals surface area contributed by atoms with E-state index >= 15 is 0 Å². The fourth-order valence-electron chi connectivity index (χ4n) is 4.07. The van der Waals surface area contributed by atoms with E-state index in [1.165, 1.54) is 56.6 Å². The molecule has 18 nitrogen and oxygen atoms in total. The van der Waals surface area contributed by atoms with Gasteiger partial charge >= 0.3 is 0 Å². The number of nitrogens with zero attached hydrogens (tertiary/aromatic N) is 10. The van der Waals surface area contributed by atoms with Gasteiger partial charge in [-0.15, -0.1) is 0 Å². The molecule has 0 aliphatic rings. The first-order chi connectivity index (χ1) is 22.7. The number of non-ortho nitro benzene ring substituents is 2. The zero-order valence-corrected chi connectivity index (χ0v) is 26.1. The summed E-state index contributed by atoms with van der Waals surface area (Å²) in [7, 11) is 3.24. The maximum atomic E-state index is 10.9. The Hall–Kier alpha value is -6.27. The number of benzene rings is 2. The number of nitro benzene ring substituents is 2. The summed E-state index contributed by atoms with van der Waals surface area (Å²) >= 11 is 5.97. The molecular formula is C30H35ClN14O4. The molecule has 0 radical (unpaired) electrons. The highest BCUT2D eigenvalue weighted by Crippen LogP contribution is 2.29. The van der Waals surface area contributed by atoms with Crippen molar-refractivity contribution in [2.45, 2.75) is 28.7 Å². The molecular weight excluding hydrogens is 656 g/mol. The van der Waals surface area contributed by atoms with Crippen LogP contribution in [0.5, 0.6) is 0 Å². The molecule has 0 aliphatic heterocycles. The van der Waals surface area contributed by atoms with E-state index < -0.39 is 9.85 Å². The van der Waals surface area contributed by atoms with E-state index in [4.69, 9.17) is 11.6 Å². The number of fused-ring (bicyclic) bond motifs is 2. The third-order valence-electron chi connectivity index (χ3n) is 6.40. The van der Waals surface area contributed by atoms with E-state index in [2.05, 4.69) is 61.6 Å². The highest BCUT2D eigenvalue weighted by molar-refractivity contribution is 6.33. The molecule has 4 aromatic heterocycles. The molecule has 0 unspecified atom stereocenters. The first-order valence-corrected chi connectivity index (χ1v) is 13.9. The fourth-order valence-corrected chi connectivity index (χ4v) is 4.25. The monoisotopic (exact) mass is 690 g/mol. The molecule has 256 valence electrons. The second kappa shape index (κ2) is 17.6. The maximum Gasteiger partial charge on any atom is 0.271 e. The maximum absolute atomic E-state index is 10.9. The van der Waals surface area contributed by atoms with E-state index in [9.17, 15) is 20.2 Å². The molecule has 0 atom stereocenters. The van der Waals surface area contributed by atoms with Crippen molar-refractivity contribution in [2.24, 2.45) is 5.73 Å². The van der Waals surface area contributed by atoms with Gasteiger partial charge in [-0.25, -0.2) is 39.9 Å². The van der Waals surface area contributed by atoms with Crippen molar-refractivity contribution >= 4 is 73.9 Å². The number of aryl methyl sites for hydroxylation is 2. The molecule has 0 spiro atoms. The van der Waals surface area contributed by atoms with Crippen molar-refractivity contribution in [3.05, 3.63) is 98.2 Å². The summed E-state index contributed by atoms with van der Waals surface area (Å²) < 4.78 is 0. The van der Waals surface area contributed by atoms with Gasteiger partial charge in [-0.3, -0.25) is 20.2 Å². The van der Waals surface area contributed by atoms with Gasteiger partial charge in [0, 0.05) is 42.7 Å². The molecule has 0 bridgehead atoms. The van der Waals surface area contributed by atoms with E-state index in [1.54, 1.807) is 19.2 Å². The second-order valence-corrected chi connectivity index (χ2v) is 9.60. The van der Waals surface area contributed by atoms with Gasteiger partial charge < -0.3 is 21.7 Å². The number of nitrogens with two attached hydrogens (primary N) is 1. The minimum Gasteiger partial charge on any atom is -0.371 e. The zero-order valence-electron chi connectivity index (χ0n) is 25.3. The third kappa shape index (κ3) is 8.96. The van der Waals surface area contributed by atoms with Gasteiger partial charge in [0.1, 0.15) is 47.4 Å². The number of anilines is 5. The Morgan fingerprint density at radius 3 is 1.41 bits per heavy atom. The first-order valence-electron chi connectivity index (χ1n) is 13.5. The molecule has 6 rings (SSSR count). The van der Waals surface area contributed by atoms with Gasteiger partial charge in [-0.05, 0) is 32.0 Å². The number of hydrogen-bond donors (Lipinski definition) is 4. The van der Waals surface area contributed by atoms with Gasteiger partial charge in [0.05, 0.1) is 9.85 Å². The normalized spacial score (nSPS) is 9.84. The summed E-state index contributed by atoms with van der Waals surface area (Å²) in [6.45, 7) is 3.68. The lowest BCUT2D eigenvalue weighted by Gasteiger charge is -2.11. The van der Waals surface area contributed by atoms with Crippen molar-refractivity contribution in [1.29, 1.82) is 0 Å². The van der Waals surface area contributed by atoms with E-state index in [1.807, 2.05) is 13.8 Å². The molecule has 2 aromatic carbocycles. The van der Waals surface area contributed by atoms with Crippen molar-refractivity contribution < 1.29 is 9.85 Å². The molecule has 49 heavy (non-hydrogen) atoms. The number of nitro groups is 2. The van der Waals surface area contributed by atoms with Crippen molar-refractivity contribution in [3.63, 3.8) is 0 Å². The largest absolute Gasteiger partial charge is 0.371 e. The minimum absolute atomic E-state index is 0. The minimum atomic E-state index is -0.457. The predicted molar refractivity (Wildman–Crippen MR) is 191 cm³/mol. The number of nitrogens with one attached hydrogen (secondary N) is 3. The first kappa shape index (κ1) is 38.9. The van der Waals surface area contributed by atoms with E-state index in [-0.39, 0.29) is 31.4 Å². The Bertz CT molecular complexity index is 2080. The topological polar surface area (TPSA) is 252 Å². The molecule has 0 aliphatic carbocycles. The third-order valence-corrected chi connectivity index (χ3v) is 6.68. The highest BCUT2D eigenvalue weighted by Gasteiger charge is 2.15. The average Bonchev–Trinajstić information content (AvgIpc) is 3.08. The lowest BCUT2D eigenvalue weighted by atomic mass is 10.2. The van der Waals surface area contributed by atoms with Crippen molar-refractivity contribution in [1.82, 2.24) is 39.9 Å². The molecule has 0 saturated carbocycles. The Kier molecular flexibility index (Phi) is 14.0. The highest BCUT2D eigenvalue weighted by atomic mass is 35.5. The van der Waals surface area contributed by atoms with Crippen LogP contribution in [0.25, 0.3) is 22.1 Å². The molecule has 0 amide bonds. The SMILES string of the molecule is C.C.CN.CNc1ncnc2c(Nc3cc([N+](=O)[O-])ccc3C)ncnc12.Cc1ccc([N+](=O)[O-])cc1Nc1ncnc2c(Cl)ncnc12. The van der Waals surface area contributed by atoms with Crippen LogP contribution in [-0.4, -0.2) is 63.8 Å². The Labute approximate surface area is 286 Å². The predicted octanol–water partition coefficient (Wildman–Crippen LogP) is 6.30. The van der Waals surface area contributed by atoms with Crippen molar-refractivity contribution in [3.8, 4) is 0 Å². The summed E-state index contributed by atoms with van der Waals surface area (Å²) in [4.78, 5) is 53.7. The van der Waals surface area contributed by atoms with Crippen LogP contribution < -0.4 is 21.7 Å². The summed E-state index contributed by atoms with van der Waals surface area (Å²) in [6.07, 6.45) is 5.43. The molecule has 19 heteroatoms. The number of aromatic nitrogens is 8. The number of rotatable bonds is 7. The van der Waals surface area contributed by atoms with Crippen LogP contribution in [0, 0.1) is 34.1 Å². The quantitative estimate of drug-likeness (QED) is 0.0813. The number of hydrogen-bond acceptors (Lipinski definition) is 16. The molecule has 0 fully saturated rings. The van der Waals surface area contributed by atoms with Crippen LogP contribution in [0.2, 0.25) is 5.15 Å². The average molecular weight is 691 g/mol. The van der Waals surface area contributed by atoms with Crippen molar-refractivity contribution in [2.75, 3.05) is 30.0 Å². The standard InChI is InChI=1S/C14H13N7O2.C13H9ClN6O2.CH5N.2CH4/c1-8-3-4-9(21(22)23)5-10(8)20-14-12-11(16-7-19-14)13(15-2)18-6-17-12;1-7-2-3-8(20(21)22)4-9(7)19-13-11-10(15-6-18-13)12(14)17-5-16-11;1-2;;/h3-7H,1-2H3,(H,15,17,18)(H,16,19,20);2-6H,1H3,(H,15,18,19);2H2,1H3;2*1H4.